The van der Waals surface area contributed by atoms with Gasteiger partial charge in [0.2, 0.25) is 0 Å². The summed E-state index contributed by atoms with van der Waals surface area (Å²) in [6.07, 6.45) is 3.97. The van der Waals surface area contributed by atoms with Gasteiger partial charge < -0.3 is 10.1 Å². The van der Waals surface area contributed by atoms with Crippen LogP contribution in [0.2, 0.25) is 5.02 Å². The molecule has 0 spiro atoms. The fourth-order valence-corrected chi connectivity index (χ4v) is 5.95. The molecule has 3 aromatic rings. The van der Waals surface area contributed by atoms with Crippen molar-refractivity contribution in [3.63, 3.8) is 0 Å². The van der Waals surface area contributed by atoms with Gasteiger partial charge in [-0.1, -0.05) is 23.7 Å². The number of benzene rings is 2. The van der Waals surface area contributed by atoms with Crippen LogP contribution in [0.4, 0.5) is 5.00 Å². The molecule has 1 aliphatic carbocycles. The first-order valence-electron chi connectivity index (χ1n) is 10.7. The predicted octanol–water partition coefficient (Wildman–Crippen LogP) is 7.00. The standard InChI is InChI=1S/C25H24ClNO3S2/c1-2-30-25(29)22-20-5-3-4-6-21(20)32-24(22)27-23(28)17-9-7-16(8-10-17)15-31-19-13-11-18(26)12-14-19/h7-14H,2-6,15H2,1H3,(H,27,28). The van der Waals surface area contributed by atoms with Gasteiger partial charge in [-0.25, -0.2) is 4.79 Å². The second-order valence-electron chi connectivity index (χ2n) is 7.53. The van der Waals surface area contributed by atoms with E-state index >= 15 is 0 Å². The molecule has 4 nitrogen and oxygen atoms in total. The normalized spacial score (nSPS) is 12.8. The van der Waals surface area contributed by atoms with E-state index in [9.17, 15) is 9.59 Å². The molecule has 2 aromatic carbocycles. The van der Waals surface area contributed by atoms with E-state index in [1.807, 2.05) is 48.5 Å². The van der Waals surface area contributed by atoms with Crippen LogP contribution in [-0.4, -0.2) is 18.5 Å². The maximum Gasteiger partial charge on any atom is 0.341 e. The number of amides is 1. The zero-order valence-corrected chi connectivity index (χ0v) is 20.2. The van der Waals surface area contributed by atoms with Crippen molar-refractivity contribution >= 4 is 51.6 Å². The third-order valence-electron chi connectivity index (χ3n) is 5.31. The summed E-state index contributed by atoms with van der Waals surface area (Å²) >= 11 is 9.15. The number of fused-ring (bicyclic) bond motifs is 1. The summed E-state index contributed by atoms with van der Waals surface area (Å²) in [5.41, 5.74) is 3.27. The van der Waals surface area contributed by atoms with Gasteiger partial charge in [0.15, 0.2) is 0 Å². The zero-order chi connectivity index (χ0) is 22.5. The maximum absolute atomic E-state index is 12.9. The number of hydrogen-bond donors (Lipinski definition) is 1. The van der Waals surface area contributed by atoms with Crippen LogP contribution < -0.4 is 5.32 Å². The number of ether oxygens (including phenoxy) is 1. The largest absolute Gasteiger partial charge is 0.462 e. The van der Waals surface area contributed by atoms with E-state index in [4.69, 9.17) is 16.3 Å². The summed E-state index contributed by atoms with van der Waals surface area (Å²) in [7, 11) is 0. The summed E-state index contributed by atoms with van der Waals surface area (Å²) in [5.74, 6) is 0.233. The number of thiophene rings is 1. The van der Waals surface area contributed by atoms with Crippen LogP contribution in [0.15, 0.2) is 53.4 Å². The Bertz CT molecular complexity index is 1110. The van der Waals surface area contributed by atoms with E-state index in [2.05, 4.69) is 5.32 Å². The molecule has 4 rings (SSSR count). The molecule has 166 valence electrons. The minimum Gasteiger partial charge on any atom is -0.462 e. The zero-order valence-electron chi connectivity index (χ0n) is 17.8. The van der Waals surface area contributed by atoms with Gasteiger partial charge in [-0.05, 0) is 80.1 Å². The second kappa shape index (κ2) is 10.6. The Morgan fingerprint density at radius 1 is 1.06 bits per heavy atom. The summed E-state index contributed by atoms with van der Waals surface area (Å²) in [5, 5.41) is 4.29. The highest BCUT2D eigenvalue weighted by Gasteiger charge is 2.27. The first-order valence-corrected chi connectivity index (χ1v) is 12.8. The predicted molar refractivity (Wildman–Crippen MR) is 132 cm³/mol. The number of halogens is 1. The molecule has 1 N–H and O–H groups in total. The molecule has 1 heterocycles. The van der Waals surface area contributed by atoms with E-state index in [0.29, 0.717) is 22.7 Å². The van der Waals surface area contributed by atoms with Crippen molar-refractivity contribution in [2.24, 2.45) is 0 Å². The highest BCUT2D eigenvalue weighted by atomic mass is 35.5. The molecule has 0 atom stereocenters. The molecule has 0 bridgehead atoms. The maximum atomic E-state index is 12.9. The van der Waals surface area contributed by atoms with Crippen LogP contribution in [0.25, 0.3) is 0 Å². The third kappa shape index (κ3) is 5.37. The van der Waals surface area contributed by atoms with Crippen LogP contribution >= 0.6 is 34.7 Å². The Hall–Kier alpha value is -2.28. The quantitative estimate of drug-likeness (QED) is 0.289. The monoisotopic (exact) mass is 485 g/mol. The van der Waals surface area contributed by atoms with Crippen molar-refractivity contribution in [1.82, 2.24) is 0 Å². The number of esters is 1. The fourth-order valence-electron chi connectivity index (χ4n) is 3.70. The lowest BCUT2D eigenvalue weighted by atomic mass is 9.95. The highest BCUT2D eigenvalue weighted by Crippen LogP contribution is 2.38. The molecule has 7 heteroatoms. The minimum absolute atomic E-state index is 0.217. The topological polar surface area (TPSA) is 55.4 Å². The van der Waals surface area contributed by atoms with E-state index in [1.165, 1.54) is 16.2 Å². The number of aryl methyl sites for hydroxylation is 1. The van der Waals surface area contributed by atoms with Gasteiger partial charge in [-0.15, -0.1) is 23.1 Å². The average molecular weight is 486 g/mol. The number of rotatable bonds is 7. The first-order chi connectivity index (χ1) is 15.5. The summed E-state index contributed by atoms with van der Waals surface area (Å²) in [4.78, 5) is 27.8. The van der Waals surface area contributed by atoms with Crippen LogP contribution in [0, 0.1) is 0 Å². The smallest absolute Gasteiger partial charge is 0.341 e. The SMILES string of the molecule is CCOC(=O)c1c(NC(=O)c2ccc(CSc3ccc(Cl)cc3)cc2)sc2c1CCCC2. The molecular formula is C25H24ClNO3S2. The molecule has 1 aliphatic rings. The number of anilines is 1. The third-order valence-corrected chi connectivity index (χ3v) is 7.86. The lowest BCUT2D eigenvalue weighted by molar-refractivity contribution is 0.0526. The van der Waals surface area contributed by atoms with E-state index < -0.39 is 0 Å². The fraction of sp³-hybridized carbons (Fsp3) is 0.280. The van der Waals surface area contributed by atoms with Crippen molar-refractivity contribution in [1.29, 1.82) is 0 Å². The van der Waals surface area contributed by atoms with Gasteiger partial charge in [-0.2, -0.15) is 0 Å². The van der Waals surface area contributed by atoms with Gasteiger partial charge in [0.1, 0.15) is 5.00 Å². The average Bonchev–Trinajstić information content (AvgIpc) is 3.17. The Morgan fingerprint density at radius 2 is 1.78 bits per heavy atom. The minimum atomic E-state index is -0.350. The number of carbonyl (C=O) groups excluding carboxylic acids is 2. The Morgan fingerprint density at radius 3 is 2.50 bits per heavy atom. The van der Waals surface area contributed by atoms with Gasteiger partial charge in [0.25, 0.3) is 5.91 Å². The summed E-state index contributed by atoms with van der Waals surface area (Å²) in [6, 6.07) is 15.3. The highest BCUT2D eigenvalue weighted by molar-refractivity contribution is 7.98. The van der Waals surface area contributed by atoms with Crippen molar-refractivity contribution in [2.75, 3.05) is 11.9 Å². The molecule has 0 unspecified atom stereocenters. The molecular weight excluding hydrogens is 462 g/mol. The van der Waals surface area contributed by atoms with Crippen LogP contribution in [-0.2, 0) is 23.3 Å². The Labute approximate surface area is 201 Å². The number of carbonyl (C=O) groups is 2. The van der Waals surface area contributed by atoms with Crippen molar-refractivity contribution in [3.05, 3.63) is 80.7 Å². The number of nitrogens with one attached hydrogen (secondary N) is 1. The first kappa shape index (κ1) is 22.9. The second-order valence-corrected chi connectivity index (χ2v) is 10.1. The van der Waals surface area contributed by atoms with Crippen LogP contribution in [0.5, 0.6) is 0 Å². The van der Waals surface area contributed by atoms with Crippen LogP contribution in [0.3, 0.4) is 0 Å². The van der Waals surface area contributed by atoms with Gasteiger partial charge >= 0.3 is 5.97 Å². The Balaban J connectivity index is 1.45. The molecule has 0 saturated carbocycles. The van der Waals surface area contributed by atoms with Crippen molar-refractivity contribution in [3.8, 4) is 0 Å². The Kier molecular flexibility index (Phi) is 7.55. The van der Waals surface area contributed by atoms with Gasteiger partial charge in [0.05, 0.1) is 12.2 Å². The molecule has 0 aliphatic heterocycles. The molecule has 1 aromatic heterocycles. The number of thioether (sulfide) groups is 1. The summed E-state index contributed by atoms with van der Waals surface area (Å²) in [6.45, 7) is 2.11. The number of hydrogen-bond acceptors (Lipinski definition) is 5. The molecule has 1 amide bonds. The van der Waals surface area contributed by atoms with Crippen LogP contribution in [0.1, 0.15) is 56.5 Å². The summed E-state index contributed by atoms with van der Waals surface area (Å²) < 4.78 is 5.27. The molecule has 32 heavy (non-hydrogen) atoms. The van der Waals surface area contributed by atoms with Gasteiger partial charge in [-0.3, -0.25) is 4.79 Å². The molecule has 0 fully saturated rings. The van der Waals surface area contributed by atoms with E-state index in [1.54, 1.807) is 18.7 Å². The van der Waals surface area contributed by atoms with E-state index in [0.717, 1.165) is 52.5 Å². The van der Waals surface area contributed by atoms with Crippen molar-refractivity contribution in [2.45, 2.75) is 43.3 Å². The van der Waals surface area contributed by atoms with Crippen molar-refractivity contribution < 1.29 is 14.3 Å². The molecule has 0 saturated heterocycles. The lowest BCUT2D eigenvalue weighted by Crippen LogP contribution is -2.15. The van der Waals surface area contributed by atoms with Gasteiger partial charge in [0, 0.05) is 26.1 Å². The molecule has 0 radical (unpaired) electrons. The lowest BCUT2D eigenvalue weighted by Gasteiger charge is -2.12. The van der Waals surface area contributed by atoms with E-state index in [-0.39, 0.29) is 11.9 Å².